The number of nitrogens with zero attached hydrogens (tertiary/aromatic N) is 4. The van der Waals surface area contributed by atoms with Crippen molar-refractivity contribution in [1.82, 2.24) is 9.80 Å². The smallest absolute Gasteiger partial charge is 0.321 e. The van der Waals surface area contributed by atoms with E-state index in [0.717, 1.165) is 43.2 Å². The van der Waals surface area contributed by atoms with Gasteiger partial charge in [0.15, 0.2) is 0 Å². The van der Waals surface area contributed by atoms with Crippen molar-refractivity contribution in [3.8, 4) is 0 Å². The number of carbonyl (C=O) groups excluding carboxylic acids is 1. The van der Waals surface area contributed by atoms with Gasteiger partial charge >= 0.3 is 6.03 Å². The molecule has 0 saturated carbocycles. The van der Waals surface area contributed by atoms with Gasteiger partial charge in [0.25, 0.3) is 0 Å². The van der Waals surface area contributed by atoms with Gasteiger partial charge in [-0.25, -0.2) is 4.79 Å². The van der Waals surface area contributed by atoms with Crippen molar-refractivity contribution in [1.29, 1.82) is 0 Å². The summed E-state index contributed by atoms with van der Waals surface area (Å²) in [7, 11) is 2.07. The van der Waals surface area contributed by atoms with E-state index < -0.39 is 0 Å². The van der Waals surface area contributed by atoms with Crippen LogP contribution in [0.1, 0.15) is 0 Å². The normalized spacial score (nSPS) is 15.6. The highest BCUT2D eigenvalue weighted by Gasteiger charge is 2.18. The zero-order valence-electron chi connectivity index (χ0n) is 13.7. The number of urea groups is 1. The molecule has 0 aliphatic carbocycles. The quantitative estimate of drug-likeness (QED) is 0.871. The number of hydrogen-bond acceptors (Lipinski definition) is 4. The molecule has 0 radical (unpaired) electrons. The molecular weight excluding hydrogens is 302 g/mol. The Balaban J connectivity index is 1.56. The van der Waals surface area contributed by atoms with Crippen molar-refractivity contribution >= 4 is 23.1 Å². The fourth-order valence-electron chi connectivity index (χ4n) is 2.43. The minimum absolute atomic E-state index is 0.0539. The molecule has 0 unspecified atom stereocenters. The second-order valence-electron chi connectivity index (χ2n) is 5.80. The SMILES string of the molecule is CN1CCN(C(=O)Nc2ccc(N=Nc3ccccc3)cc2)CC1. The summed E-state index contributed by atoms with van der Waals surface area (Å²) in [5.41, 5.74) is 2.32. The maximum absolute atomic E-state index is 12.2. The topological polar surface area (TPSA) is 60.3 Å². The van der Waals surface area contributed by atoms with Crippen molar-refractivity contribution in [3.05, 3.63) is 54.6 Å². The first kappa shape index (κ1) is 16.1. The fourth-order valence-corrected chi connectivity index (χ4v) is 2.43. The summed E-state index contributed by atoms with van der Waals surface area (Å²) in [6.07, 6.45) is 0. The van der Waals surface area contributed by atoms with Gasteiger partial charge in [0.2, 0.25) is 0 Å². The van der Waals surface area contributed by atoms with Gasteiger partial charge < -0.3 is 15.1 Å². The number of azo groups is 1. The monoisotopic (exact) mass is 323 g/mol. The first-order valence-electron chi connectivity index (χ1n) is 8.02. The van der Waals surface area contributed by atoms with Crippen LogP contribution in [0, 0.1) is 0 Å². The summed E-state index contributed by atoms with van der Waals surface area (Å²) in [4.78, 5) is 16.3. The number of benzene rings is 2. The lowest BCUT2D eigenvalue weighted by atomic mass is 10.3. The molecule has 6 heteroatoms. The van der Waals surface area contributed by atoms with Crippen molar-refractivity contribution in [3.63, 3.8) is 0 Å². The molecule has 2 amide bonds. The summed E-state index contributed by atoms with van der Waals surface area (Å²) in [6.45, 7) is 3.33. The van der Waals surface area contributed by atoms with Crippen LogP contribution in [-0.2, 0) is 0 Å². The number of hydrogen-bond donors (Lipinski definition) is 1. The summed E-state index contributed by atoms with van der Waals surface area (Å²) in [5, 5.41) is 11.3. The lowest BCUT2D eigenvalue weighted by Crippen LogP contribution is -2.48. The first-order valence-corrected chi connectivity index (χ1v) is 8.02. The van der Waals surface area contributed by atoms with Crippen LogP contribution in [0.15, 0.2) is 64.8 Å². The largest absolute Gasteiger partial charge is 0.322 e. The van der Waals surface area contributed by atoms with Crippen molar-refractivity contribution in [2.24, 2.45) is 10.2 Å². The van der Waals surface area contributed by atoms with Gasteiger partial charge in [0, 0.05) is 31.9 Å². The molecule has 24 heavy (non-hydrogen) atoms. The van der Waals surface area contributed by atoms with E-state index in [-0.39, 0.29) is 6.03 Å². The third kappa shape index (κ3) is 4.39. The Bertz CT molecular complexity index is 691. The molecule has 1 heterocycles. The molecule has 0 aromatic heterocycles. The van der Waals surface area contributed by atoms with Gasteiger partial charge in [-0.05, 0) is 43.4 Å². The Kier molecular flexibility index (Phi) is 5.18. The molecular formula is C18H21N5O. The van der Waals surface area contributed by atoms with Crippen molar-refractivity contribution in [2.75, 3.05) is 38.5 Å². The Morgan fingerprint density at radius 3 is 2.08 bits per heavy atom. The highest BCUT2D eigenvalue weighted by atomic mass is 16.2. The summed E-state index contributed by atoms with van der Waals surface area (Å²) in [6, 6.07) is 16.9. The first-order chi connectivity index (χ1) is 11.7. The summed E-state index contributed by atoms with van der Waals surface area (Å²) < 4.78 is 0. The van der Waals surface area contributed by atoms with Crippen molar-refractivity contribution in [2.45, 2.75) is 0 Å². The van der Waals surface area contributed by atoms with E-state index in [2.05, 4.69) is 27.5 Å². The molecule has 1 aliphatic rings. The van der Waals surface area contributed by atoms with Crippen LogP contribution in [-0.4, -0.2) is 49.1 Å². The van der Waals surface area contributed by atoms with E-state index in [1.807, 2.05) is 59.5 Å². The molecule has 2 aromatic rings. The summed E-state index contributed by atoms with van der Waals surface area (Å²) in [5.74, 6) is 0. The Morgan fingerprint density at radius 1 is 0.875 bits per heavy atom. The average Bonchev–Trinajstić information content (AvgIpc) is 2.62. The molecule has 1 fully saturated rings. The van der Waals surface area contributed by atoms with Crippen LogP contribution < -0.4 is 5.32 Å². The third-order valence-electron chi connectivity index (χ3n) is 3.95. The number of nitrogens with one attached hydrogen (secondary N) is 1. The van der Waals surface area contributed by atoms with E-state index in [9.17, 15) is 4.79 Å². The number of amides is 2. The number of piperazine rings is 1. The van der Waals surface area contributed by atoms with Gasteiger partial charge in [-0.3, -0.25) is 0 Å². The maximum atomic E-state index is 12.2. The minimum atomic E-state index is -0.0539. The van der Waals surface area contributed by atoms with Gasteiger partial charge in [-0.2, -0.15) is 10.2 Å². The predicted molar refractivity (Wildman–Crippen MR) is 95.1 cm³/mol. The number of carbonyl (C=O) groups is 1. The third-order valence-corrected chi connectivity index (χ3v) is 3.95. The molecule has 2 aromatic carbocycles. The van der Waals surface area contributed by atoms with E-state index in [1.54, 1.807) is 0 Å². The Hall–Kier alpha value is -2.73. The predicted octanol–water partition coefficient (Wildman–Crippen LogP) is 3.88. The molecule has 6 nitrogen and oxygen atoms in total. The van der Waals surface area contributed by atoms with Crippen LogP contribution in [0.25, 0.3) is 0 Å². The standard InChI is InChI=1S/C18H21N5O/c1-22-11-13-23(14-12-22)18(24)19-15-7-9-17(10-8-15)21-20-16-5-3-2-4-6-16/h2-10H,11-14H2,1H3,(H,19,24). The Labute approximate surface area is 141 Å². The second-order valence-corrected chi connectivity index (χ2v) is 5.80. The molecule has 0 spiro atoms. The lowest BCUT2D eigenvalue weighted by Gasteiger charge is -2.32. The highest BCUT2D eigenvalue weighted by molar-refractivity contribution is 5.89. The molecule has 1 aliphatic heterocycles. The number of likely N-dealkylation sites (N-methyl/N-ethyl adjacent to an activating group) is 1. The van der Waals surface area contributed by atoms with Crippen LogP contribution in [0.4, 0.5) is 21.9 Å². The zero-order chi connectivity index (χ0) is 16.8. The van der Waals surface area contributed by atoms with Gasteiger partial charge in [-0.1, -0.05) is 18.2 Å². The van der Waals surface area contributed by atoms with Crippen LogP contribution >= 0.6 is 0 Å². The average molecular weight is 323 g/mol. The molecule has 1 N–H and O–H groups in total. The van der Waals surface area contributed by atoms with Gasteiger partial charge in [-0.15, -0.1) is 0 Å². The number of rotatable bonds is 3. The Morgan fingerprint density at radius 2 is 1.46 bits per heavy atom. The van der Waals surface area contributed by atoms with E-state index in [4.69, 9.17) is 0 Å². The fraction of sp³-hybridized carbons (Fsp3) is 0.278. The zero-order valence-corrected chi connectivity index (χ0v) is 13.7. The summed E-state index contributed by atoms with van der Waals surface area (Å²) >= 11 is 0. The number of anilines is 1. The van der Waals surface area contributed by atoms with Crippen LogP contribution in [0.5, 0.6) is 0 Å². The highest BCUT2D eigenvalue weighted by Crippen LogP contribution is 2.20. The van der Waals surface area contributed by atoms with E-state index >= 15 is 0 Å². The van der Waals surface area contributed by atoms with Crippen molar-refractivity contribution < 1.29 is 4.79 Å². The van der Waals surface area contributed by atoms with E-state index in [1.165, 1.54) is 0 Å². The van der Waals surface area contributed by atoms with Gasteiger partial charge in [0.1, 0.15) is 0 Å². The molecule has 3 rings (SSSR count). The lowest BCUT2D eigenvalue weighted by molar-refractivity contribution is 0.164. The molecule has 1 saturated heterocycles. The second kappa shape index (κ2) is 7.70. The van der Waals surface area contributed by atoms with Crippen LogP contribution in [0.2, 0.25) is 0 Å². The molecule has 0 atom stereocenters. The van der Waals surface area contributed by atoms with Gasteiger partial charge in [0.05, 0.1) is 11.4 Å². The molecule has 0 bridgehead atoms. The minimum Gasteiger partial charge on any atom is -0.322 e. The molecule has 124 valence electrons. The van der Waals surface area contributed by atoms with Crippen LogP contribution in [0.3, 0.4) is 0 Å². The van der Waals surface area contributed by atoms with E-state index in [0.29, 0.717) is 0 Å². The maximum Gasteiger partial charge on any atom is 0.321 e.